The molecule has 0 aliphatic carbocycles. The number of hydrogen-bond donors (Lipinski definition) is 2. The van der Waals surface area contributed by atoms with Crippen LogP contribution < -0.4 is 10.6 Å². The number of benzene rings is 2. The standard InChI is InChI=1S/C21H21N5OS2/c1-3-11-22-20-24-25-21(29-20)28-13-19(27)23-14-9-10-18-16(12-14)15-7-5-6-8-17(15)26(18)4-2/h3,5-10,12H,1,4,11,13H2,2H3,(H,22,24)(H,23,27). The Balaban J connectivity index is 1.46. The number of carbonyl (C=O) groups excluding carboxylic acids is 1. The fourth-order valence-electron chi connectivity index (χ4n) is 3.30. The lowest BCUT2D eigenvalue weighted by atomic mass is 10.1. The molecule has 0 atom stereocenters. The van der Waals surface area contributed by atoms with E-state index in [2.05, 4.69) is 69.2 Å². The number of nitrogens with one attached hydrogen (secondary N) is 2. The molecule has 0 saturated carbocycles. The predicted octanol–water partition coefficient (Wildman–Crippen LogP) is 4.99. The van der Waals surface area contributed by atoms with Crippen LogP contribution in [0.15, 0.2) is 59.5 Å². The minimum absolute atomic E-state index is 0.0654. The average Bonchev–Trinajstić information content (AvgIpc) is 3.32. The molecule has 29 heavy (non-hydrogen) atoms. The average molecular weight is 424 g/mol. The van der Waals surface area contributed by atoms with E-state index < -0.39 is 0 Å². The third-order valence-electron chi connectivity index (χ3n) is 4.50. The van der Waals surface area contributed by atoms with Crippen molar-refractivity contribution >= 4 is 61.6 Å². The number of aryl methyl sites for hydroxylation is 1. The zero-order valence-electron chi connectivity index (χ0n) is 16.0. The molecule has 4 rings (SSSR count). The van der Waals surface area contributed by atoms with Crippen molar-refractivity contribution in [3.8, 4) is 0 Å². The van der Waals surface area contributed by atoms with Crippen molar-refractivity contribution in [2.75, 3.05) is 22.9 Å². The SMILES string of the molecule is C=CCNc1nnc(SCC(=O)Nc2ccc3c(c2)c2ccccc2n3CC)s1. The van der Waals surface area contributed by atoms with E-state index in [4.69, 9.17) is 0 Å². The van der Waals surface area contributed by atoms with E-state index in [-0.39, 0.29) is 11.7 Å². The summed E-state index contributed by atoms with van der Waals surface area (Å²) >= 11 is 2.81. The van der Waals surface area contributed by atoms with E-state index >= 15 is 0 Å². The van der Waals surface area contributed by atoms with Crippen molar-refractivity contribution in [1.82, 2.24) is 14.8 Å². The minimum atomic E-state index is -0.0654. The number of carbonyl (C=O) groups is 1. The van der Waals surface area contributed by atoms with Crippen molar-refractivity contribution in [3.05, 3.63) is 55.1 Å². The van der Waals surface area contributed by atoms with Gasteiger partial charge in [0.05, 0.1) is 5.75 Å². The number of amides is 1. The summed E-state index contributed by atoms with van der Waals surface area (Å²) in [6.45, 7) is 7.34. The highest BCUT2D eigenvalue weighted by molar-refractivity contribution is 8.01. The monoisotopic (exact) mass is 423 g/mol. The molecular weight excluding hydrogens is 402 g/mol. The number of hydrogen-bond acceptors (Lipinski definition) is 6. The molecule has 2 aromatic carbocycles. The summed E-state index contributed by atoms with van der Waals surface area (Å²) in [6.07, 6.45) is 1.76. The van der Waals surface area contributed by atoms with E-state index in [1.54, 1.807) is 6.08 Å². The largest absolute Gasteiger partial charge is 0.357 e. The summed E-state index contributed by atoms with van der Waals surface area (Å²) in [5.74, 6) is 0.217. The van der Waals surface area contributed by atoms with Crippen molar-refractivity contribution in [3.63, 3.8) is 0 Å². The second-order valence-electron chi connectivity index (χ2n) is 6.37. The van der Waals surface area contributed by atoms with Gasteiger partial charge in [-0.05, 0) is 31.2 Å². The van der Waals surface area contributed by atoms with Gasteiger partial charge < -0.3 is 15.2 Å². The van der Waals surface area contributed by atoms with Gasteiger partial charge in [-0.3, -0.25) is 4.79 Å². The lowest BCUT2D eigenvalue weighted by Gasteiger charge is -2.06. The molecule has 2 heterocycles. The number of fused-ring (bicyclic) bond motifs is 3. The summed E-state index contributed by atoms with van der Waals surface area (Å²) in [7, 11) is 0. The number of para-hydroxylation sites is 1. The summed E-state index contributed by atoms with van der Waals surface area (Å²) in [4.78, 5) is 12.4. The molecule has 0 unspecified atom stereocenters. The van der Waals surface area contributed by atoms with Gasteiger partial charge in [-0.1, -0.05) is 47.4 Å². The third-order valence-corrected chi connectivity index (χ3v) is 6.52. The highest BCUT2D eigenvalue weighted by Gasteiger charge is 2.12. The van der Waals surface area contributed by atoms with E-state index in [1.807, 2.05) is 12.1 Å². The Morgan fingerprint density at radius 2 is 2.03 bits per heavy atom. The van der Waals surface area contributed by atoms with Crippen LogP contribution >= 0.6 is 23.1 Å². The Kier molecular flexibility index (Phi) is 5.82. The maximum atomic E-state index is 12.4. The summed E-state index contributed by atoms with van der Waals surface area (Å²) in [5.41, 5.74) is 3.18. The van der Waals surface area contributed by atoms with E-state index in [0.29, 0.717) is 6.54 Å². The Morgan fingerprint density at radius 3 is 2.86 bits per heavy atom. The van der Waals surface area contributed by atoms with Crippen LogP contribution in [0.2, 0.25) is 0 Å². The van der Waals surface area contributed by atoms with Crippen LogP contribution in [0, 0.1) is 0 Å². The van der Waals surface area contributed by atoms with Crippen LogP contribution in [0.5, 0.6) is 0 Å². The smallest absolute Gasteiger partial charge is 0.234 e. The second-order valence-corrected chi connectivity index (χ2v) is 8.57. The minimum Gasteiger partial charge on any atom is -0.357 e. The predicted molar refractivity (Wildman–Crippen MR) is 123 cm³/mol. The van der Waals surface area contributed by atoms with Gasteiger partial charge in [0.2, 0.25) is 11.0 Å². The number of rotatable bonds is 8. The number of thioether (sulfide) groups is 1. The number of aromatic nitrogens is 3. The van der Waals surface area contributed by atoms with Gasteiger partial charge in [-0.2, -0.15) is 0 Å². The first-order chi connectivity index (χ1) is 14.2. The molecule has 2 N–H and O–H groups in total. The highest BCUT2D eigenvalue weighted by Crippen LogP contribution is 2.31. The molecule has 0 spiro atoms. The van der Waals surface area contributed by atoms with Gasteiger partial charge in [-0.25, -0.2) is 0 Å². The van der Waals surface area contributed by atoms with Gasteiger partial charge in [-0.15, -0.1) is 16.8 Å². The van der Waals surface area contributed by atoms with Crippen molar-refractivity contribution in [1.29, 1.82) is 0 Å². The first-order valence-corrected chi connectivity index (χ1v) is 11.1. The maximum absolute atomic E-state index is 12.4. The topological polar surface area (TPSA) is 71.8 Å². The van der Waals surface area contributed by atoms with Crippen LogP contribution in [-0.2, 0) is 11.3 Å². The Hall–Kier alpha value is -2.84. The van der Waals surface area contributed by atoms with Crippen LogP contribution in [0.3, 0.4) is 0 Å². The lowest BCUT2D eigenvalue weighted by Crippen LogP contribution is -2.13. The zero-order valence-corrected chi connectivity index (χ0v) is 17.6. The molecule has 0 bridgehead atoms. The number of anilines is 2. The molecule has 4 aromatic rings. The molecule has 0 aliphatic rings. The molecule has 0 radical (unpaired) electrons. The molecule has 0 aliphatic heterocycles. The van der Waals surface area contributed by atoms with Gasteiger partial charge >= 0.3 is 0 Å². The lowest BCUT2D eigenvalue weighted by molar-refractivity contribution is -0.113. The molecule has 6 nitrogen and oxygen atoms in total. The molecule has 2 aromatic heterocycles. The van der Waals surface area contributed by atoms with E-state index in [9.17, 15) is 4.79 Å². The summed E-state index contributed by atoms with van der Waals surface area (Å²) in [6, 6.07) is 14.4. The first-order valence-electron chi connectivity index (χ1n) is 9.31. The van der Waals surface area contributed by atoms with Crippen molar-refractivity contribution in [2.45, 2.75) is 17.8 Å². The van der Waals surface area contributed by atoms with Crippen molar-refractivity contribution < 1.29 is 4.79 Å². The Labute approximate surface area is 177 Å². The normalized spacial score (nSPS) is 11.1. The maximum Gasteiger partial charge on any atom is 0.234 e. The van der Waals surface area contributed by atoms with Crippen LogP contribution in [0.1, 0.15) is 6.92 Å². The quantitative estimate of drug-likeness (QED) is 0.308. The molecule has 148 valence electrons. The fraction of sp³-hybridized carbons (Fsp3) is 0.190. The summed E-state index contributed by atoms with van der Waals surface area (Å²) in [5, 5.41) is 17.3. The zero-order chi connectivity index (χ0) is 20.2. The molecular formula is C21H21N5OS2. The van der Waals surface area contributed by atoms with Crippen LogP contribution in [-0.4, -0.2) is 33.0 Å². The van der Waals surface area contributed by atoms with Gasteiger partial charge in [0.15, 0.2) is 4.34 Å². The van der Waals surface area contributed by atoms with Gasteiger partial charge in [0.1, 0.15) is 0 Å². The Bertz CT molecular complexity index is 1180. The molecule has 8 heteroatoms. The molecule has 1 amide bonds. The molecule has 0 saturated heterocycles. The third kappa shape index (κ3) is 4.13. The molecule has 0 fully saturated rings. The fourth-order valence-corrected chi connectivity index (χ4v) is 4.85. The van der Waals surface area contributed by atoms with Crippen LogP contribution in [0.4, 0.5) is 10.8 Å². The second kappa shape index (κ2) is 8.67. The van der Waals surface area contributed by atoms with E-state index in [1.165, 1.54) is 39.5 Å². The van der Waals surface area contributed by atoms with Gasteiger partial charge in [0, 0.05) is 40.6 Å². The van der Waals surface area contributed by atoms with Crippen molar-refractivity contribution in [2.24, 2.45) is 0 Å². The number of nitrogens with zero attached hydrogens (tertiary/aromatic N) is 3. The highest BCUT2D eigenvalue weighted by atomic mass is 32.2. The Morgan fingerprint density at radius 1 is 1.21 bits per heavy atom. The summed E-state index contributed by atoms with van der Waals surface area (Å²) < 4.78 is 3.05. The van der Waals surface area contributed by atoms with Crippen LogP contribution in [0.25, 0.3) is 21.8 Å². The van der Waals surface area contributed by atoms with Gasteiger partial charge in [0.25, 0.3) is 0 Å². The first kappa shape index (κ1) is 19.5. The van der Waals surface area contributed by atoms with E-state index in [0.717, 1.165) is 27.1 Å².